The number of nitrogens with zero attached hydrogens (tertiary/aromatic N) is 3. The smallest absolute Gasteiger partial charge is 0.251 e. The lowest BCUT2D eigenvalue weighted by molar-refractivity contribution is -0.118. The fourth-order valence-electron chi connectivity index (χ4n) is 3.47. The van der Waals surface area contributed by atoms with Crippen LogP contribution in [0.15, 0.2) is 41.6 Å². The Bertz CT molecular complexity index is 1130. The number of anilines is 1. The zero-order valence-electron chi connectivity index (χ0n) is 20.2. The van der Waals surface area contributed by atoms with Gasteiger partial charge >= 0.3 is 0 Å². The van der Waals surface area contributed by atoms with Crippen molar-refractivity contribution in [3.63, 3.8) is 0 Å². The van der Waals surface area contributed by atoms with Gasteiger partial charge in [-0.15, -0.1) is 0 Å². The van der Waals surface area contributed by atoms with Crippen LogP contribution < -0.4 is 10.6 Å². The lowest BCUT2D eigenvalue weighted by Gasteiger charge is -2.26. The first-order chi connectivity index (χ1) is 15.9. The average molecular weight is 492 g/mol. The van der Waals surface area contributed by atoms with Crippen LogP contribution in [0.2, 0.25) is 0 Å². The molecule has 2 aromatic rings. The molecule has 2 heterocycles. The van der Waals surface area contributed by atoms with Crippen LogP contribution in [0.25, 0.3) is 0 Å². The Morgan fingerprint density at radius 2 is 1.82 bits per heavy atom. The van der Waals surface area contributed by atoms with E-state index in [1.54, 1.807) is 17.1 Å². The summed E-state index contributed by atoms with van der Waals surface area (Å²) in [5, 5.41) is 9.81. The van der Waals surface area contributed by atoms with Crippen LogP contribution in [0.3, 0.4) is 0 Å². The van der Waals surface area contributed by atoms with Crippen molar-refractivity contribution in [1.82, 2.24) is 19.4 Å². The number of benzene rings is 1. The van der Waals surface area contributed by atoms with Crippen molar-refractivity contribution in [1.29, 1.82) is 0 Å². The van der Waals surface area contributed by atoms with Crippen molar-refractivity contribution < 1.29 is 22.7 Å². The number of amides is 2. The maximum absolute atomic E-state index is 13.0. The van der Waals surface area contributed by atoms with Crippen LogP contribution in [0.1, 0.15) is 45.0 Å². The lowest BCUT2D eigenvalue weighted by atomic mass is 10.0. The van der Waals surface area contributed by atoms with Crippen LogP contribution in [-0.4, -0.2) is 66.7 Å². The van der Waals surface area contributed by atoms with Crippen molar-refractivity contribution in [3.8, 4) is 0 Å². The van der Waals surface area contributed by atoms with Gasteiger partial charge in [0.05, 0.1) is 35.5 Å². The first-order valence-corrected chi connectivity index (χ1v) is 12.7. The number of ether oxygens (including phenoxy) is 1. The minimum Gasteiger partial charge on any atom is -0.379 e. The SMILES string of the molecule is CC(C)C(NC(=O)c1cccc(S(=O)(=O)N2CCOCC2)c1)C(=O)Nc1cnn(C(C)(C)C)c1. The molecule has 0 saturated carbocycles. The Balaban J connectivity index is 1.74. The average Bonchev–Trinajstić information content (AvgIpc) is 3.26. The summed E-state index contributed by atoms with van der Waals surface area (Å²) < 4.78 is 34.2. The van der Waals surface area contributed by atoms with Gasteiger partial charge in [-0.2, -0.15) is 9.40 Å². The van der Waals surface area contributed by atoms with Crippen LogP contribution >= 0.6 is 0 Å². The quantitative estimate of drug-likeness (QED) is 0.611. The van der Waals surface area contributed by atoms with Gasteiger partial charge in [-0.05, 0) is 44.9 Å². The number of hydrogen-bond acceptors (Lipinski definition) is 6. The molecule has 0 bridgehead atoms. The standard InChI is InChI=1S/C23H33N5O5S/c1-16(2)20(22(30)25-18-14-24-28(15-18)23(3,4)5)26-21(29)17-7-6-8-19(13-17)34(31,32)27-9-11-33-12-10-27/h6-8,13-16,20H,9-12H2,1-5H3,(H,25,30)(H,26,29). The Kier molecular flexibility index (Phi) is 7.79. The molecule has 0 spiro atoms. The number of carbonyl (C=O) groups is 2. The zero-order valence-corrected chi connectivity index (χ0v) is 21.1. The largest absolute Gasteiger partial charge is 0.379 e. The van der Waals surface area contributed by atoms with Gasteiger partial charge in [0.2, 0.25) is 15.9 Å². The summed E-state index contributed by atoms with van der Waals surface area (Å²) in [6, 6.07) is 5.01. The van der Waals surface area contributed by atoms with E-state index in [0.717, 1.165) is 0 Å². The van der Waals surface area contributed by atoms with Crippen molar-refractivity contribution in [2.75, 3.05) is 31.6 Å². The number of aromatic nitrogens is 2. The highest BCUT2D eigenvalue weighted by atomic mass is 32.2. The van der Waals surface area contributed by atoms with E-state index >= 15 is 0 Å². The van der Waals surface area contributed by atoms with E-state index < -0.39 is 22.0 Å². The molecule has 1 aliphatic rings. The number of morpholine rings is 1. The van der Waals surface area contributed by atoms with Gasteiger partial charge in [-0.25, -0.2) is 8.42 Å². The first-order valence-electron chi connectivity index (χ1n) is 11.2. The van der Waals surface area contributed by atoms with Gasteiger partial charge in [0.25, 0.3) is 5.91 Å². The predicted octanol–water partition coefficient (Wildman–Crippen LogP) is 2.05. The normalized spacial score (nSPS) is 16.3. The molecule has 34 heavy (non-hydrogen) atoms. The van der Waals surface area contributed by atoms with E-state index in [0.29, 0.717) is 18.9 Å². The highest BCUT2D eigenvalue weighted by Crippen LogP contribution is 2.19. The third-order valence-corrected chi connectivity index (χ3v) is 7.37. The molecule has 2 N–H and O–H groups in total. The second kappa shape index (κ2) is 10.2. The Labute approximate surface area is 200 Å². The van der Waals surface area contributed by atoms with Gasteiger partial charge in [-0.1, -0.05) is 19.9 Å². The molecule has 11 heteroatoms. The number of nitrogens with one attached hydrogen (secondary N) is 2. The lowest BCUT2D eigenvalue weighted by Crippen LogP contribution is -2.47. The molecule has 1 unspecified atom stereocenters. The number of hydrogen-bond donors (Lipinski definition) is 2. The summed E-state index contributed by atoms with van der Waals surface area (Å²) in [7, 11) is -3.74. The molecular formula is C23H33N5O5S. The summed E-state index contributed by atoms with van der Waals surface area (Å²) >= 11 is 0. The summed E-state index contributed by atoms with van der Waals surface area (Å²) in [6.45, 7) is 10.8. The molecule has 1 aromatic carbocycles. The summed E-state index contributed by atoms with van der Waals surface area (Å²) in [5.41, 5.74) is 0.452. The second-order valence-corrected chi connectivity index (χ2v) is 11.5. The van der Waals surface area contributed by atoms with Gasteiger partial charge < -0.3 is 15.4 Å². The molecule has 1 saturated heterocycles. The van der Waals surface area contributed by atoms with Gasteiger partial charge in [0.15, 0.2) is 0 Å². The van der Waals surface area contributed by atoms with E-state index in [4.69, 9.17) is 4.74 Å². The molecule has 186 valence electrons. The first kappa shape index (κ1) is 25.9. The fraction of sp³-hybridized carbons (Fsp3) is 0.522. The van der Waals surface area contributed by atoms with Crippen molar-refractivity contribution >= 4 is 27.5 Å². The second-order valence-electron chi connectivity index (χ2n) is 9.57. The number of rotatable bonds is 7. The third-order valence-electron chi connectivity index (χ3n) is 5.48. The maximum atomic E-state index is 13.0. The van der Waals surface area contributed by atoms with Crippen molar-refractivity contribution in [2.45, 2.75) is 51.1 Å². The number of carbonyl (C=O) groups excluding carboxylic acids is 2. The molecule has 1 aliphatic heterocycles. The van der Waals surface area contributed by atoms with Crippen LogP contribution in [0, 0.1) is 5.92 Å². The Morgan fingerprint density at radius 3 is 2.41 bits per heavy atom. The highest BCUT2D eigenvalue weighted by molar-refractivity contribution is 7.89. The molecule has 3 rings (SSSR count). The molecule has 1 aromatic heterocycles. The summed E-state index contributed by atoms with van der Waals surface area (Å²) in [4.78, 5) is 25.9. The summed E-state index contributed by atoms with van der Waals surface area (Å²) in [5.74, 6) is -1.12. The number of sulfonamides is 1. The molecule has 0 aliphatic carbocycles. The molecule has 0 radical (unpaired) electrons. The topological polar surface area (TPSA) is 123 Å². The molecule has 1 atom stereocenters. The minimum atomic E-state index is -3.74. The Hall–Kier alpha value is -2.76. The fourth-order valence-corrected chi connectivity index (χ4v) is 4.92. The van der Waals surface area contributed by atoms with E-state index in [9.17, 15) is 18.0 Å². The molecule has 2 amide bonds. The Morgan fingerprint density at radius 1 is 1.15 bits per heavy atom. The monoisotopic (exact) mass is 491 g/mol. The van der Waals surface area contributed by atoms with E-state index in [1.165, 1.54) is 28.6 Å². The highest BCUT2D eigenvalue weighted by Gasteiger charge is 2.29. The van der Waals surface area contributed by atoms with Crippen LogP contribution in [0.4, 0.5) is 5.69 Å². The van der Waals surface area contributed by atoms with Gasteiger partial charge in [0, 0.05) is 24.8 Å². The van der Waals surface area contributed by atoms with Crippen LogP contribution in [-0.2, 0) is 25.1 Å². The van der Waals surface area contributed by atoms with Crippen molar-refractivity contribution in [2.24, 2.45) is 5.92 Å². The molecule has 10 nitrogen and oxygen atoms in total. The van der Waals surface area contributed by atoms with E-state index in [2.05, 4.69) is 15.7 Å². The van der Waals surface area contributed by atoms with Crippen molar-refractivity contribution in [3.05, 3.63) is 42.2 Å². The van der Waals surface area contributed by atoms with E-state index in [-0.39, 0.29) is 40.9 Å². The van der Waals surface area contributed by atoms with E-state index in [1.807, 2.05) is 34.6 Å². The third kappa shape index (κ3) is 6.02. The molecular weight excluding hydrogens is 458 g/mol. The van der Waals surface area contributed by atoms with Crippen LogP contribution in [0.5, 0.6) is 0 Å². The maximum Gasteiger partial charge on any atom is 0.251 e. The minimum absolute atomic E-state index is 0.0298. The predicted molar refractivity (Wildman–Crippen MR) is 128 cm³/mol. The summed E-state index contributed by atoms with van der Waals surface area (Å²) in [6.07, 6.45) is 3.29. The van der Waals surface area contributed by atoms with Gasteiger partial charge in [-0.3, -0.25) is 14.3 Å². The van der Waals surface area contributed by atoms with Gasteiger partial charge in [0.1, 0.15) is 6.04 Å². The molecule has 1 fully saturated rings. The zero-order chi connectivity index (χ0) is 25.1.